The molecular formula is C26H31N3O4S. The number of nitrogens with two attached hydrogens (primary N) is 1. The highest BCUT2D eigenvalue weighted by molar-refractivity contribution is 8.03. The van der Waals surface area contributed by atoms with Crippen molar-refractivity contribution < 1.29 is 19.8 Å². The number of β-lactam (4-membered cyclic amide) rings is 1. The van der Waals surface area contributed by atoms with Crippen molar-refractivity contribution in [3.8, 4) is 0 Å². The Balaban J connectivity index is 1.30. The van der Waals surface area contributed by atoms with Crippen LogP contribution in [0.5, 0.6) is 0 Å². The number of carbonyl (C=O) groups is 2. The molecule has 5 rings (SSSR count). The van der Waals surface area contributed by atoms with E-state index >= 15 is 0 Å². The van der Waals surface area contributed by atoms with E-state index < -0.39 is 5.97 Å². The second-order valence-electron chi connectivity index (χ2n) is 9.54. The molecule has 0 aliphatic carbocycles. The van der Waals surface area contributed by atoms with Crippen LogP contribution in [-0.2, 0) is 22.6 Å². The van der Waals surface area contributed by atoms with Crippen LogP contribution in [0.3, 0.4) is 0 Å². The number of hydrogen-bond acceptors (Lipinski definition) is 6. The van der Waals surface area contributed by atoms with Gasteiger partial charge in [-0.1, -0.05) is 43.3 Å². The second-order valence-corrected chi connectivity index (χ2v) is 10.9. The van der Waals surface area contributed by atoms with E-state index in [9.17, 15) is 19.8 Å². The lowest BCUT2D eigenvalue weighted by atomic mass is 9.80. The van der Waals surface area contributed by atoms with Gasteiger partial charge >= 0.3 is 5.97 Å². The van der Waals surface area contributed by atoms with E-state index in [1.807, 2.05) is 13.0 Å². The van der Waals surface area contributed by atoms with Gasteiger partial charge in [-0.2, -0.15) is 0 Å². The van der Waals surface area contributed by atoms with Gasteiger partial charge in [-0.15, -0.1) is 11.8 Å². The maximum Gasteiger partial charge on any atom is 0.353 e. The smallest absolute Gasteiger partial charge is 0.353 e. The van der Waals surface area contributed by atoms with Crippen LogP contribution in [0.15, 0.2) is 47.0 Å². The Morgan fingerprint density at radius 1 is 1.21 bits per heavy atom. The second kappa shape index (κ2) is 9.34. The number of fused-ring (bicyclic) bond motifs is 2. The van der Waals surface area contributed by atoms with Gasteiger partial charge in [-0.05, 0) is 41.2 Å². The Bertz CT molecular complexity index is 1170. The van der Waals surface area contributed by atoms with Gasteiger partial charge in [0.2, 0.25) is 5.91 Å². The summed E-state index contributed by atoms with van der Waals surface area (Å²) in [6, 6.07) is 12.8. The molecule has 3 heterocycles. The third-order valence-corrected chi connectivity index (χ3v) is 9.09. The molecule has 8 heteroatoms. The Morgan fingerprint density at radius 3 is 2.59 bits per heavy atom. The molecule has 180 valence electrons. The molecule has 5 N–H and O–H groups in total. The van der Waals surface area contributed by atoms with Gasteiger partial charge in [0, 0.05) is 41.8 Å². The number of benzene rings is 2. The minimum Gasteiger partial charge on any atom is -0.477 e. The van der Waals surface area contributed by atoms with Gasteiger partial charge in [0.25, 0.3) is 0 Å². The van der Waals surface area contributed by atoms with E-state index in [1.54, 1.807) is 11.8 Å². The van der Waals surface area contributed by atoms with Crippen LogP contribution >= 0.6 is 11.8 Å². The van der Waals surface area contributed by atoms with E-state index in [-0.39, 0.29) is 41.3 Å². The number of carbonyl (C=O) groups excluding carboxylic acids is 1. The first-order valence-electron chi connectivity index (χ1n) is 12.0. The first-order chi connectivity index (χ1) is 16.4. The highest BCUT2D eigenvalue weighted by atomic mass is 32.2. The van der Waals surface area contributed by atoms with Crippen molar-refractivity contribution in [2.75, 3.05) is 13.2 Å². The van der Waals surface area contributed by atoms with Crippen LogP contribution in [-0.4, -0.2) is 57.5 Å². The van der Waals surface area contributed by atoms with E-state index in [0.717, 1.165) is 29.9 Å². The van der Waals surface area contributed by atoms with Crippen molar-refractivity contribution in [1.82, 2.24) is 10.2 Å². The van der Waals surface area contributed by atoms with Gasteiger partial charge in [0.1, 0.15) is 5.70 Å². The topological polar surface area (TPSA) is 116 Å². The molecule has 3 aliphatic rings. The van der Waals surface area contributed by atoms with Gasteiger partial charge in [0.05, 0.1) is 12.0 Å². The molecule has 2 fully saturated rings. The molecule has 5 atom stereocenters. The van der Waals surface area contributed by atoms with Crippen molar-refractivity contribution in [2.45, 2.75) is 50.1 Å². The number of carboxylic acid groups (broad SMARTS) is 1. The third-order valence-electron chi connectivity index (χ3n) is 7.57. The molecule has 0 aromatic heterocycles. The van der Waals surface area contributed by atoms with Crippen molar-refractivity contribution >= 4 is 34.4 Å². The number of nitrogens with one attached hydrogen (secondary N) is 1. The minimum absolute atomic E-state index is 0.0304. The summed E-state index contributed by atoms with van der Waals surface area (Å²) in [5.74, 6) is -1.53. The van der Waals surface area contributed by atoms with Crippen molar-refractivity contribution in [3.05, 3.63) is 58.1 Å². The molecule has 0 radical (unpaired) electrons. The molecule has 0 saturated carbocycles. The quantitative estimate of drug-likeness (QED) is 0.428. The zero-order valence-corrected chi connectivity index (χ0v) is 20.1. The SMILES string of the molecule is C[C@H]1C(S[C@@H]2CNC(Cc3ccc(CN)c4ccccc34)C2)=C(C(=O)O)N2C(=O)[C@@H](CCO)[C@H]12. The summed E-state index contributed by atoms with van der Waals surface area (Å²) >= 11 is 1.62. The Morgan fingerprint density at radius 2 is 1.91 bits per heavy atom. The van der Waals surface area contributed by atoms with Crippen LogP contribution in [0.2, 0.25) is 0 Å². The van der Waals surface area contributed by atoms with Crippen molar-refractivity contribution in [1.29, 1.82) is 0 Å². The molecule has 2 aromatic rings. The number of thioether (sulfide) groups is 1. The predicted octanol–water partition coefficient (Wildman–Crippen LogP) is 2.46. The Hall–Kier alpha value is -2.39. The molecule has 0 bridgehead atoms. The molecule has 0 spiro atoms. The summed E-state index contributed by atoms with van der Waals surface area (Å²) < 4.78 is 0. The number of aliphatic carboxylic acids is 1. The number of hydrogen-bond donors (Lipinski definition) is 4. The van der Waals surface area contributed by atoms with E-state index in [2.05, 4.69) is 35.6 Å². The molecular weight excluding hydrogens is 450 g/mol. The summed E-state index contributed by atoms with van der Waals surface area (Å²) in [6.45, 7) is 3.27. The lowest BCUT2D eigenvalue weighted by Gasteiger charge is -2.45. The monoisotopic (exact) mass is 481 g/mol. The first kappa shape index (κ1) is 23.4. The fourth-order valence-corrected chi connectivity index (χ4v) is 7.47. The number of aliphatic hydroxyl groups is 1. The van der Waals surface area contributed by atoms with Crippen molar-refractivity contribution in [3.63, 3.8) is 0 Å². The highest BCUT2D eigenvalue weighted by Crippen LogP contribution is 2.51. The fraction of sp³-hybridized carbons (Fsp3) is 0.462. The maximum atomic E-state index is 12.6. The predicted molar refractivity (Wildman–Crippen MR) is 133 cm³/mol. The summed E-state index contributed by atoms with van der Waals surface area (Å²) in [7, 11) is 0. The van der Waals surface area contributed by atoms with Crippen LogP contribution in [0, 0.1) is 11.8 Å². The minimum atomic E-state index is -1.04. The third kappa shape index (κ3) is 3.82. The summed E-state index contributed by atoms with van der Waals surface area (Å²) in [6.07, 6.45) is 2.22. The van der Waals surface area contributed by atoms with E-state index in [1.165, 1.54) is 21.2 Å². The maximum absolute atomic E-state index is 12.6. The van der Waals surface area contributed by atoms with Gasteiger partial charge in [-0.3, -0.25) is 4.79 Å². The zero-order valence-electron chi connectivity index (χ0n) is 19.2. The lowest BCUT2D eigenvalue weighted by molar-refractivity contribution is -0.157. The molecule has 1 amide bonds. The molecule has 34 heavy (non-hydrogen) atoms. The van der Waals surface area contributed by atoms with Crippen LogP contribution in [0.4, 0.5) is 0 Å². The molecule has 7 nitrogen and oxygen atoms in total. The summed E-state index contributed by atoms with van der Waals surface area (Å²) in [5.41, 5.74) is 8.51. The largest absolute Gasteiger partial charge is 0.477 e. The molecule has 1 unspecified atom stereocenters. The molecule has 3 aliphatic heterocycles. The number of amides is 1. The van der Waals surface area contributed by atoms with Gasteiger partial charge < -0.3 is 26.2 Å². The van der Waals surface area contributed by atoms with Gasteiger partial charge in [0.15, 0.2) is 0 Å². The fourth-order valence-electron chi connectivity index (χ4n) is 5.95. The first-order valence-corrected chi connectivity index (χ1v) is 12.8. The lowest BCUT2D eigenvalue weighted by Crippen LogP contribution is -2.60. The highest BCUT2D eigenvalue weighted by Gasteiger charge is 2.58. The number of rotatable bonds is 8. The molecule has 2 aromatic carbocycles. The zero-order chi connectivity index (χ0) is 24.0. The van der Waals surface area contributed by atoms with E-state index in [4.69, 9.17) is 5.73 Å². The average molecular weight is 482 g/mol. The Kier molecular flexibility index (Phi) is 6.41. The molecule has 2 saturated heterocycles. The Labute approximate surface area is 203 Å². The number of carboxylic acids is 1. The standard InChI is InChI=1S/C26H31N3O4S/c1-14-22-21(8-9-30)25(31)29(22)23(26(32)33)24(14)34-18-11-17(28-13-18)10-15-6-7-16(12-27)20-5-3-2-4-19(15)20/h2-7,14,17-18,21-22,28,30H,8-13,27H2,1H3,(H,32,33)/t14-,17?,18+,21+,22+/m1/s1. The normalized spacial score (nSPS) is 28.5. The van der Waals surface area contributed by atoms with Crippen LogP contribution in [0.25, 0.3) is 10.8 Å². The summed E-state index contributed by atoms with van der Waals surface area (Å²) in [4.78, 5) is 26.9. The van der Waals surface area contributed by atoms with E-state index in [0.29, 0.717) is 19.0 Å². The van der Waals surface area contributed by atoms with Crippen LogP contribution in [0.1, 0.15) is 30.9 Å². The van der Waals surface area contributed by atoms with Crippen LogP contribution < -0.4 is 11.1 Å². The van der Waals surface area contributed by atoms with Gasteiger partial charge in [-0.25, -0.2) is 4.79 Å². The van der Waals surface area contributed by atoms with Crippen molar-refractivity contribution in [2.24, 2.45) is 17.6 Å². The number of aliphatic hydroxyl groups excluding tert-OH is 1. The number of nitrogens with zero attached hydrogens (tertiary/aromatic N) is 1. The average Bonchev–Trinajstić information content (AvgIpc) is 3.38. The summed E-state index contributed by atoms with van der Waals surface area (Å²) in [5, 5.41) is 25.5.